The minimum atomic E-state index is -0.368. The van der Waals surface area contributed by atoms with Crippen LogP contribution in [0.3, 0.4) is 0 Å². The van der Waals surface area contributed by atoms with Crippen LogP contribution < -0.4 is 9.47 Å². The van der Waals surface area contributed by atoms with E-state index >= 15 is 0 Å². The summed E-state index contributed by atoms with van der Waals surface area (Å²) in [5.74, 6) is 0.948. The number of fused-ring (bicyclic) bond motifs is 3. The maximum absolute atomic E-state index is 12.2. The molecular weight excluding hydrogens is 364 g/mol. The summed E-state index contributed by atoms with van der Waals surface area (Å²) in [5.41, 5.74) is 2.06. The van der Waals surface area contributed by atoms with Gasteiger partial charge in [-0.15, -0.1) is 0 Å². The van der Waals surface area contributed by atoms with Crippen molar-refractivity contribution in [1.29, 1.82) is 0 Å². The maximum atomic E-state index is 12.2. The van der Waals surface area contributed by atoms with Gasteiger partial charge in [-0.1, -0.05) is 23.9 Å². The van der Waals surface area contributed by atoms with Crippen molar-refractivity contribution >= 4 is 39.8 Å². The fraction of sp³-hybridized carbons (Fsp3) is 0.150. The number of benzene rings is 2. The molecule has 0 saturated heterocycles. The number of ether oxygens (including phenoxy) is 2. The molecule has 7 heteroatoms. The van der Waals surface area contributed by atoms with Crippen molar-refractivity contribution in [2.75, 3.05) is 12.4 Å². The van der Waals surface area contributed by atoms with E-state index in [2.05, 4.69) is 9.97 Å². The molecule has 0 radical (unpaired) electrons. The second kappa shape index (κ2) is 7.67. The summed E-state index contributed by atoms with van der Waals surface area (Å²) in [7, 11) is 0. The molecule has 0 unspecified atom stereocenters. The molecule has 0 bridgehead atoms. The Morgan fingerprint density at radius 3 is 2.67 bits per heavy atom. The lowest BCUT2D eigenvalue weighted by atomic mass is 10.2. The Morgan fingerprint density at radius 2 is 1.85 bits per heavy atom. The zero-order valence-electron chi connectivity index (χ0n) is 14.5. The van der Waals surface area contributed by atoms with E-state index in [1.807, 2.05) is 31.2 Å². The molecule has 0 aliphatic rings. The van der Waals surface area contributed by atoms with Gasteiger partial charge in [0, 0.05) is 5.39 Å². The molecule has 4 aromatic rings. The van der Waals surface area contributed by atoms with Gasteiger partial charge in [-0.3, -0.25) is 4.79 Å². The average Bonchev–Trinajstić information content (AvgIpc) is 3.07. The molecule has 0 atom stereocenters. The Morgan fingerprint density at radius 1 is 1.07 bits per heavy atom. The summed E-state index contributed by atoms with van der Waals surface area (Å²) < 4.78 is 16.6. The molecule has 0 saturated carbocycles. The molecule has 6 nitrogen and oxygen atoms in total. The van der Waals surface area contributed by atoms with Gasteiger partial charge in [0.25, 0.3) is 0 Å². The largest absolute Gasteiger partial charge is 0.494 e. The van der Waals surface area contributed by atoms with Crippen LogP contribution in [0.2, 0.25) is 0 Å². The topological polar surface area (TPSA) is 74.5 Å². The molecule has 136 valence electrons. The molecule has 2 heterocycles. The second-order valence-corrected chi connectivity index (χ2v) is 6.59. The molecule has 4 rings (SSSR count). The number of esters is 1. The fourth-order valence-electron chi connectivity index (χ4n) is 2.66. The first-order chi connectivity index (χ1) is 13.2. The van der Waals surface area contributed by atoms with Gasteiger partial charge in [0.05, 0.1) is 12.4 Å². The van der Waals surface area contributed by atoms with E-state index in [1.165, 1.54) is 18.1 Å². The van der Waals surface area contributed by atoms with Crippen molar-refractivity contribution in [3.8, 4) is 11.5 Å². The number of aromatic nitrogens is 2. The second-order valence-electron chi connectivity index (χ2n) is 5.62. The van der Waals surface area contributed by atoms with Crippen LogP contribution in [0.5, 0.6) is 11.5 Å². The highest BCUT2D eigenvalue weighted by atomic mass is 32.2. The SMILES string of the molecule is CCOc1ccc(OC(=O)CSc2ncnc3c2oc2ccccc23)cc1. The fourth-order valence-corrected chi connectivity index (χ4v) is 3.37. The molecule has 0 spiro atoms. The van der Waals surface area contributed by atoms with Crippen molar-refractivity contribution in [1.82, 2.24) is 9.97 Å². The van der Waals surface area contributed by atoms with Gasteiger partial charge >= 0.3 is 5.97 Å². The third-order valence-corrected chi connectivity index (χ3v) is 4.76. The quantitative estimate of drug-likeness (QED) is 0.211. The van der Waals surface area contributed by atoms with Crippen LogP contribution in [0.15, 0.2) is 64.3 Å². The van der Waals surface area contributed by atoms with Gasteiger partial charge in [0.2, 0.25) is 0 Å². The summed E-state index contributed by atoms with van der Waals surface area (Å²) in [6, 6.07) is 14.6. The number of nitrogens with zero attached hydrogens (tertiary/aromatic N) is 2. The van der Waals surface area contributed by atoms with Gasteiger partial charge in [0.15, 0.2) is 5.58 Å². The Bertz CT molecular complexity index is 1090. The van der Waals surface area contributed by atoms with E-state index in [-0.39, 0.29) is 11.7 Å². The highest BCUT2D eigenvalue weighted by Gasteiger charge is 2.15. The van der Waals surface area contributed by atoms with Crippen LogP contribution >= 0.6 is 11.8 Å². The number of para-hydroxylation sites is 1. The predicted octanol–water partition coefficient (Wildman–Crippen LogP) is 4.47. The van der Waals surface area contributed by atoms with Gasteiger partial charge < -0.3 is 13.9 Å². The number of thioether (sulfide) groups is 1. The van der Waals surface area contributed by atoms with Gasteiger partial charge in [-0.2, -0.15) is 0 Å². The maximum Gasteiger partial charge on any atom is 0.321 e. The summed E-state index contributed by atoms with van der Waals surface area (Å²) in [4.78, 5) is 20.7. The molecule has 0 N–H and O–H groups in total. The first-order valence-electron chi connectivity index (χ1n) is 8.43. The lowest BCUT2D eigenvalue weighted by Gasteiger charge is -2.06. The van der Waals surface area contributed by atoms with E-state index in [9.17, 15) is 4.79 Å². The number of hydrogen-bond donors (Lipinski definition) is 0. The highest BCUT2D eigenvalue weighted by Crippen LogP contribution is 2.32. The molecular formula is C20H16N2O4S. The molecule has 0 aliphatic carbocycles. The third-order valence-electron chi connectivity index (χ3n) is 3.82. The Labute approximate surface area is 159 Å². The Balaban J connectivity index is 1.46. The first-order valence-corrected chi connectivity index (χ1v) is 9.41. The highest BCUT2D eigenvalue weighted by molar-refractivity contribution is 8.00. The van der Waals surface area contributed by atoms with E-state index in [0.29, 0.717) is 23.0 Å². The summed E-state index contributed by atoms with van der Waals surface area (Å²) in [6.07, 6.45) is 1.48. The smallest absolute Gasteiger partial charge is 0.321 e. The zero-order chi connectivity index (χ0) is 18.6. The lowest BCUT2D eigenvalue weighted by Crippen LogP contribution is -2.10. The van der Waals surface area contributed by atoms with Gasteiger partial charge in [-0.05, 0) is 43.3 Å². The minimum Gasteiger partial charge on any atom is -0.494 e. The van der Waals surface area contributed by atoms with Gasteiger partial charge in [-0.25, -0.2) is 9.97 Å². The van der Waals surface area contributed by atoms with E-state index in [0.717, 1.165) is 22.2 Å². The van der Waals surface area contributed by atoms with Crippen LogP contribution in [-0.2, 0) is 4.79 Å². The summed E-state index contributed by atoms with van der Waals surface area (Å²) in [6.45, 7) is 2.50. The first kappa shape index (κ1) is 17.4. The number of furan rings is 1. The molecule has 0 fully saturated rings. The summed E-state index contributed by atoms with van der Waals surface area (Å²) in [5, 5.41) is 1.54. The average molecular weight is 380 g/mol. The van der Waals surface area contributed by atoms with Crippen LogP contribution in [0.25, 0.3) is 22.1 Å². The molecule has 0 aliphatic heterocycles. The molecule has 2 aromatic carbocycles. The number of carbonyl (C=O) groups is 1. The Kier molecular flexibility index (Phi) is 4.93. The standard InChI is InChI=1S/C20H16N2O4S/c1-2-24-13-7-9-14(10-8-13)25-17(23)11-27-20-19-18(21-12-22-20)15-5-3-4-6-16(15)26-19/h3-10,12H,2,11H2,1H3. The molecule has 27 heavy (non-hydrogen) atoms. The minimum absolute atomic E-state index is 0.108. The van der Waals surface area contributed by atoms with Crippen LogP contribution in [-0.4, -0.2) is 28.3 Å². The Hall–Kier alpha value is -3.06. The van der Waals surface area contributed by atoms with E-state index in [1.54, 1.807) is 24.3 Å². The summed E-state index contributed by atoms with van der Waals surface area (Å²) >= 11 is 1.26. The van der Waals surface area contributed by atoms with Crippen LogP contribution in [0, 0.1) is 0 Å². The zero-order valence-corrected chi connectivity index (χ0v) is 15.4. The van der Waals surface area contributed by atoms with Crippen LogP contribution in [0.4, 0.5) is 0 Å². The lowest BCUT2D eigenvalue weighted by molar-refractivity contribution is -0.131. The predicted molar refractivity (Wildman–Crippen MR) is 103 cm³/mol. The molecule has 0 amide bonds. The van der Waals surface area contributed by atoms with Crippen LogP contribution in [0.1, 0.15) is 6.92 Å². The monoisotopic (exact) mass is 380 g/mol. The number of rotatable bonds is 6. The normalized spacial score (nSPS) is 11.0. The van der Waals surface area contributed by atoms with Crippen molar-refractivity contribution in [2.24, 2.45) is 0 Å². The van der Waals surface area contributed by atoms with Crippen molar-refractivity contribution in [3.05, 3.63) is 54.9 Å². The van der Waals surface area contributed by atoms with E-state index < -0.39 is 0 Å². The van der Waals surface area contributed by atoms with Gasteiger partial charge in [0.1, 0.15) is 34.0 Å². The number of hydrogen-bond acceptors (Lipinski definition) is 7. The molecule has 2 aromatic heterocycles. The van der Waals surface area contributed by atoms with E-state index in [4.69, 9.17) is 13.9 Å². The van der Waals surface area contributed by atoms with Crippen molar-refractivity contribution in [2.45, 2.75) is 11.9 Å². The number of carbonyl (C=O) groups excluding carboxylic acids is 1. The third kappa shape index (κ3) is 3.73. The van der Waals surface area contributed by atoms with Crippen molar-refractivity contribution < 1.29 is 18.7 Å². The van der Waals surface area contributed by atoms with Crippen molar-refractivity contribution in [3.63, 3.8) is 0 Å².